The zero-order chi connectivity index (χ0) is 20.4. The van der Waals surface area contributed by atoms with Crippen molar-refractivity contribution in [3.63, 3.8) is 0 Å². The summed E-state index contributed by atoms with van der Waals surface area (Å²) in [6, 6.07) is 2.71. The van der Waals surface area contributed by atoms with Crippen molar-refractivity contribution in [2.24, 2.45) is 0 Å². The van der Waals surface area contributed by atoms with E-state index in [-0.39, 0.29) is 30.6 Å². The van der Waals surface area contributed by atoms with E-state index in [0.29, 0.717) is 57.8 Å². The van der Waals surface area contributed by atoms with Crippen molar-refractivity contribution in [2.75, 3.05) is 49.5 Å². The third-order valence-corrected chi connectivity index (χ3v) is 6.10. The van der Waals surface area contributed by atoms with Crippen LogP contribution in [0.3, 0.4) is 0 Å². The van der Waals surface area contributed by atoms with Crippen LogP contribution >= 0.6 is 0 Å². The van der Waals surface area contributed by atoms with Gasteiger partial charge in [-0.25, -0.2) is 13.8 Å². The van der Waals surface area contributed by atoms with Gasteiger partial charge in [0.1, 0.15) is 11.6 Å². The van der Waals surface area contributed by atoms with Crippen molar-refractivity contribution < 1.29 is 18.4 Å². The summed E-state index contributed by atoms with van der Waals surface area (Å²) in [5, 5.41) is 5.89. The van der Waals surface area contributed by atoms with Gasteiger partial charge in [-0.1, -0.05) is 0 Å². The van der Waals surface area contributed by atoms with Gasteiger partial charge in [-0.2, -0.15) is 0 Å². The summed E-state index contributed by atoms with van der Waals surface area (Å²) in [5.74, 6) is -2.17. The maximum Gasteiger partial charge on any atom is 0.275 e. The van der Waals surface area contributed by atoms with Gasteiger partial charge >= 0.3 is 0 Å². The molecule has 0 amide bonds. The van der Waals surface area contributed by atoms with Gasteiger partial charge < -0.3 is 15.5 Å². The highest BCUT2D eigenvalue weighted by molar-refractivity contribution is 6.04. The Hall–Kier alpha value is -2.13. The Kier molecular flexibility index (Phi) is 5.78. The van der Waals surface area contributed by atoms with E-state index in [1.807, 2.05) is 17.0 Å². The average molecular weight is 407 g/mol. The van der Waals surface area contributed by atoms with Crippen molar-refractivity contribution in [2.45, 2.75) is 43.7 Å². The minimum Gasteiger partial charge on any atom is -0.368 e. The van der Waals surface area contributed by atoms with Crippen LogP contribution in [0.5, 0.6) is 0 Å². The molecule has 4 rings (SSSR count). The van der Waals surface area contributed by atoms with Crippen LogP contribution in [0.4, 0.5) is 20.3 Å². The molecule has 2 saturated heterocycles. The maximum absolute atomic E-state index is 14.2. The highest BCUT2D eigenvalue weighted by Crippen LogP contribution is 2.29. The van der Waals surface area contributed by atoms with Crippen LogP contribution in [0.1, 0.15) is 25.7 Å². The fourth-order valence-electron chi connectivity index (χ4n) is 4.43. The number of ketones is 2. The van der Waals surface area contributed by atoms with Crippen LogP contribution in [0.15, 0.2) is 18.3 Å². The highest BCUT2D eigenvalue weighted by Gasteiger charge is 2.45. The molecule has 3 fully saturated rings. The molecule has 2 aliphatic heterocycles. The molecule has 29 heavy (non-hydrogen) atoms. The Morgan fingerprint density at radius 1 is 1.14 bits per heavy atom. The van der Waals surface area contributed by atoms with Gasteiger partial charge in [-0.05, 0) is 31.5 Å². The number of piperidine rings is 1. The van der Waals surface area contributed by atoms with Gasteiger partial charge in [0.05, 0.1) is 36.9 Å². The summed E-state index contributed by atoms with van der Waals surface area (Å²) in [5.41, 5.74) is 0.942. The summed E-state index contributed by atoms with van der Waals surface area (Å²) < 4.78 is 28.4. The van der Waals surface area contributed by atoms with Gasteiger partial charge in [-0.15, -0.1) is 0 Å². The van der Waals surface area contributed by atoms with Crippen LogP contribution in [0.2, 0.25) is 0 Å². The number of hydrogen-bond acceptors (Lipinski definition) is 7. The SMILES string of the molecule is O=C1CCC(Nc2ccc(N3CCN(C4CCNCC4(F)F)CC3)cn2)C(=O)C1. The van der Waals surface area contributed by atoms with E-state index in [4.69, 9.17) is 0 Å². The number of piperazine rings is 1. The van der Waals surface area contributed by atoms with E-state index >= 15 is 0 Å². The number of carbonyl (C=O) groups is 2. The molecule has 0 bridgehead atoms. The summed E-state index contributed by atoms with van der Waals surface area (Å²) in [7, 11) is 0. The van der Waals surface area contributed by atoms with E-state index in [1.54, 1.807) is 6.20 Å². The van der Waals surface area contributed by atoms with Crippen molar-refractivity contribution in [1.82, 2.24) is 15.2 Å². The molecule has 0 aromatic carbocycles. The Morgan fingerprint density at radius 2 is 1.93 bits per heavy atom. The van der Waals surface area contributed by atoms with Crippen LogP contribution in [0, 0.1) is 0 Å². The second-order valence-corrected chi connectivity index (χ2v) is 8.08. The predicted molar refractivity (Wildman–Crippen MR) is 106 cm³/mol. The summed E-state index contributed by atoms with van der Waals surface area (Å²) in [6.07, 6.45) is 3.14. The van der Waals surface area contributed by atoms with Crippen LogP contribution < -0.4 is 15.5 Å². The Balaban J connectivity index is 1.31. The second-order valence-electron chi connectivity index (χ2n) is 8.08. The first kappa shape index (κ1) is 20.2. The normalized spacial score (nSPS) is 28.4. The minimum absolute atomic E-state index is 0.00208. The van der Waals surface area contributed by atoms with Gasteiger partial charge in [0.15, 0.2) is 5.78 Å². The number of carbonyl (C=O) groups excluding carboxylic acids is 2. The number of pyridine rings is 1. The highest BCUT2D eigenvalue weighted by atomic mass is 19.3. The van der Waals surface area contributed by atoms with Gasteiger partial charge in [0.2, 0.25) is 0 Å². The van der Waals surface area contributed by atoms with Crippen molar-refractivity contribution in [3.05, 3.63) is 18.3 Å². The first-order valence-corrected chi connectivity index (χ1v) is 10.3. The predicted octanol–water partition coefficient (Wildman–Crippen LogP) is 1.30. The third-order valence-electron chi connectivity index (χ3n) is 6.10. The number of alkyl halides is 2. The molecule has 1 aromatic rings. The average Bonchev–Trinajstić information content (AvgIpc) is 2.71. The number of hydrogen-bond donors (Lipinski definition) is 2. The fourth-order valence-corrected chi connectivity index (χ4v) is 4.43. The second kappa shape index (κ2) is 8.31. The zero-order valence-corrected chi connectivity index (χ0v) is 16.4. The largest absolute Gasteiger partial charge is 0.368 e. The lowest BCUT2D eigenvalue weighted by molar-refractivity contribution is -0.130. The number of nitrogens with one attached hydrogen (secondary N) is 2. The lowest BCUT2D eigenvalue weighted by atomic mass is 9.93. The monoisotopic (exact) mass is 407 g/mol. The standard InChI is InChI=1S/C20H27F2N5O2/c21-20(22)13-23-6-5-18(20)27-9-7-26(8-10-27)14-1-4-19(24-12-14)25-16-3-2-15(28)11-17(16)29/h1,4,12,16,18,23H,2-3,5-11,13H2,(H,24,25). The lowest BCUT2D eigenvalue weighted by Crippen LogP contribution is -2.61. The van der Waals surface area contributed by atoms with Crippen LogP contribution in [-0.4, -0.2) is 78.7 Å². The molecule has 158 valence electrons. The molecule has 2 N–H and O–H groups in total. The van der Waals surface area contributed by atoms with Gasteiger partial charge in [0, 0.05) is 32.6 Å². The van der Waals surface area contributed by atoms with E-state index in [0.717, 1.165) is 5.69 Å². The number of halogens is 2. The summed E-state index contributed by atoms with van der Waals surface area (Å²) in [4.78, 5) is 31.7. The van der Waals surface area contributed by atoms with E-state index in [1.165, 1.54) is 0 Å². The first-order valence-electron chi connectivity index (χ1n) is 10.3. The van der Waals surface area contributed by atoms with E-state index in [2.05, 4.69) is 20.5 Å². The number of aromatic nitrogens is 1. The Labute approximate surface area is 168 Å². The molecule has 1 aliphatic carbocycles. The smallest absolute Gasteiger partial charge is 0.275 e. The molecule has 3 heterocycles. The number of nitrogens with zero attached hydrogens (tertiary/aromatic N) is 3. The molecule has 2 atom stereocenters. The Morgan fingerprint density at radius 3 is 2.59 bits per heavy atom. The minimum atomic E-state index is -2.68. The van der Waals surface area contributed by atoms with E-state index in [9.17, 15) is 18.4 Å². The molecule has 3 aliphatic rings. The maximum atomic E-state index is 14.2. The number of Topliss-reactive ketones (excluding diaryl/α,β-unsaturated/α-hetero) is 2. The Bertz CT molecular complexity index is 750. The van der Waals surface area contributed by atoms with Crippen molar-refractivity contribution in [1.29, 1.82) is 0 Å². The van der Waals surface area contributed by atoms with Crippen LogP contribution in [-0.2, 0) is 9.59 Å². The van der Waals surface area contributed by atoms with E-state index < -0.39 is 12.0 Å². The topological polar surface area (TPSA) is 77.6 Å². The molecule has 0 spiro atoms. The van der Waals surface area contributed by atoms with Gasteiger partial charge in [-0.3, -0.25) is 14.5 Å². The fraction of sp³-hybridized carbons (Fsp3) is 0.650. The van der Waals surface area contributed by atoms with Crippen molar-refractivity contribution >= 4 is 23.1 Å². The molecule has 2 unspecified atom stereocenters. The van der Waals surface area contributed by atoms with Crippen molar-refractivity contribution in [3.8, 4) is 0 Å². The van der Waals surface area contributed by atoms with Crippen LogP contribution in [0.25, 0.3) is 0 Å². The lowest BCUT2D eigenvalue weighted by Gasteiger charge is -2.44. The molecular formula is C20H27F2N5O2. The number of rotatable bonds is 4. The first-order chi connectivity index (χ1) is 13.9. The third kappa shape index (κ3) is 4.56. The molecule has 9 heteroatoms. The van der Waals surface area contributed by atoms with Gasteiger partial charge in [0.25, 0.3) is 5.92 Å². The summed E-state index contributed by atoms with van der Waals surface area (Å²) in [6.45, 7) is 2.95. The molecule has 1 saturated carbocycles. The number of anilines is 2. The molecular weight excluding hydrogens is 380 g/mol. The summed E-state index contributed by atoms with van der Waals surface area (Å²) >= 11 is 0. The molecule has 0 radical (unpaired) electrons. The molecule has 1 aromatic heterocycles. The quantitative estimate of drug-likeness (QED) is 0.729. The molecule has 7 nitrogen and oxygen atoms in total. The zero-order valence-electron chi connectivity index (χ0n) is 16.4.